The first-order valence-electron chi connectivity index (χ1n) is 9.49. The van der Waals surface area contributed by atoms with Gasteiger partial charge in [0, 0.05) is 11.6 Å². The second kappa shape index (κ2) is 10.5. The highest BCUT2D eigenvalue weighted by molar-refractivity contribution is 5.95. The van der Waals surface area contributed by atoms with Gasteiger partial charge in [0.15, 0.2) is 11.5 Å². The SMILES string of the molecule is CCCOc1ccc(C(=O)NNc2ccc(C(F)(F)F)cc2[N+](=O)[O-])cc1OCCC. The van der Waals surface area contributed by atoms with Gasteiger partial charge >= 0.3 is 6.18 Å². The summed E-state index contributed by atoms with van der Waals surface area (Å²) in [4.78, 5) is 22.6. The summed E-state index contributed by atoms with van der Waals surface area (Å²) in [5, 5.41) is 11.1. The van der Waals surface area contributed by atoms with Crippen molar-refractivity contribution >= 4 is 17.3 Å². The van der Waals surface area contributed by atoms with Gasteiger partial charge in [-0.05, 0) is 43.2 Å². The second-order valence-electron chi connectivity index (χ2n) is 6.42. The average molecular weight is 441 g/mol. The average Bonchev–Trinajstić information content (AvgIpc) is 2.73. The summed E-state index contributed by atoms with van der Waals surface area (Å²) in [6, 6.07) is 6.44. The molecule has 0 aliphatic rings. The first kappa shape index (κ1) is 23.8. The van der Waals surface area contributed by atoms with E-state index in [1.165, 1.54) is 12.1 Å². The quantitative estimate of drug-likeness (QED) is 0.400. The number of anilines is 1. The lowest BCUT2D eigenvalue weighted by Crippen LogP contribution is -2.29. The normalized spacial score (nSPS) is 11.0. The molecule has 31 heavy (non-hydrogen) atoms. The third-order valence-corrected chi connectivity index (χ3v) is 3.96. The van der Waals surface area contributed by atoms with E-state index in [1.807, 2.05) is 13.8 Å². The second-order valence-corrected chi connectivity index (χ2v) is 6.42. The summed E-state index contributed by atoms with van der Waals surface area (Å²) >= 11 is 0. The zero-order valence-corrected chi connectivity index (χ0v) is 16.9. The van der Waals surface area contributed by atoms with Crippen molar-refractivity contribution in [1.29, 1.82) is 0 Å². The molecule has 0 bridgehead atoms. The van der Waals surface area contributed by atoms with E-state index in [2.05, 4.69) is 10.9 Å². The maximum atomic E-state index is 12.8. The third kappa shape index (κ3) is 6.49. The number of nitrogens with one attached hydrogen (secondary N) is 2. The van der Waals surface area contributed by atoms with Crippen LogP contribution >= 0.6 is 0 Å². The number of rotatable bonds is 10. The fourth-order valence-corrected chi connectivity index (χ4v) is 2.47. The summed E-state index contributed by atoms with van der Waals surface area (Å²) in [6.45, 7) is 4.74. The molecule has 0 radical (unpaired) electrons. The van der Waals surface area contributed by atoms with E-state index in [0.717, 1.165) is 18.9 Å². The molecule has 0 fully saturated rings. The molecule has 0 heterocycles. The van der Waals surface area contributed by atoms with Crippen LogP contribution in [0.5, 0.6) is 11.5 Å². The van der Waals surface area contributed by atoms with Gasteiger partial charge in [0.1, 0.15) is 5.69 Å². The van der Waals surface area contributed by atoms with Crippen LogP contribution in [-0.2, 0) is 6.18 Å². The summed E-state index contributed by atoms with van der Waals surface area (Å²) < 4.78 is 49.6. The molecule has 2 aromatic carbocycles. The molecule has 0 aliphatic heterocycles. The summed E-state index contributed by atoms with van der Waals surface area (Å²) in [5.74, 6) is 0.166. The summed E-state index contributed by atoms with van der Waals surface area (Å²) in [6.07, 6.45) is -3.21. The maximum Gasteiger partial charge on any atom is 0.416 e. The first-order valence-corrected chi connectivity index (χ1v) is 9.49. The molecular formula is C20H22F3N3O5. The maximum absolute atomic E-state index is 12.8. The zero-order valence-electron chi connectivity index (χ0n) is 16.9. The van der Waals surface area contributed by atoms with E-state index in [9.17, 15) is 28.1 Å². The number of nitro benzene ring substituents is 1. The molecule has 1 amide bonds. The molecule has 0 saturated heterocycles. The number of nitrogens with zero attached hydrogens (tertiary/aromatic N) is 1. The summed E-state index contributed by atoms with van der Waals surface area (Å²) in [5.41, 5.74) is 2.42. The van der Waals surface area contributed by atoms with Crippen LogP contribution in [0.4, 0.5) is 24.5 Å². The molecule has 0 atom stereocenters. The summed E-state index contributed by atoms with van der Waals surface area (Å²) in [7, 11) is 0. The Hall–Kier alpha value is -3.50. The zero-order chi connectivity index (χ0) is 23.0. The van der Waals surface area contributed by atoms with Crippen molar-refractivity contribution < 1.29 is 32.4 Å². The fourth-order valence-electron chi connectivity index (χ4n) is 2.47. The molecular weight excluding hydrogens is 419 g/mol. The molecule has 2 N–H and O–H groups in total. The van der Waals surface area contributed by atoms with Gasteiger partial charge in [-0.3, -0.25) is 25.8 Å². The van der Waals surface area contributed by atoms with E-state index in [1.54, 1.807) is 6.07 Å². The van der Waals surface area contributed by atoms with Crippen LogP contribution in [0.1, 0.15) is 42.6 Å². The minimum absolute atomic E-state index is 0.164. The van der Waals surface area contributed by atoms with Gasteiger partial charge < -0.3 is 9.47 Å². The number of carbonyl (C=O) groups is 1. The standard InChI is InChI=1S/C20H22F3N3O5/c1-3-9-30-17-8-5-13(11-18(17)31-10-4-2)19(27)25-24-15-7-6-14(20(21,22)23)12-16(15)26(28)29/h5-8,11-12,24H,3-4,9-10H2,1-2H3,(H,25,27). The Balaban J connectivity index is 2.19. The number of alkyl halides is 3. The number of nitro groups is 1. The van der Waals surface area contributed by atoms with Gasteiger partial charge in [-0.1, -0.05) is 13.8 Å². The van der Waals surface area contributed by atoms with Crippen LogP contribution in [0.3, 0.4) is 0 Å². The monoisotopic (exact) mass is 441 g/mol. The van der Waals surface area contributed by atoms with Gasteiger partial charge in [0.25, 0.3) is 11.6 Å². The number of ether oxygens (including phenoxy) is 2. The van der Waals surface area contributed by atoms with Crippen molar-refractivity contribution in [2.45, 2.75) is 32.9 Å². The molecule has 168 valence electrons. The van der Waals surface area contributed by atoms with E-state index < -0.39 is 28.3 Å². The predicted octanol–water partition coefficient (Wildman–Crippen LogP) is 4.95. The molecule has 0 aliphatic carbocycles. The van der Waals surface area contributed by atoms with Gasteiger partial charge in [-0.25, -0.2) is 0 Å². The Morgan fingerprint density at radius 2 is 1.68 bits per heavy atom. The molecule has 11 heteroatoms. The van der Waals surface area contributed by atoms with Crippen LogP contribution in [-0.4, -0.2) is 24.0 Å². The van der Waals surface area contributed by atoms with E-state index in [0.29, 0.717) is 36.8 Å². The predicted molar refractivity (Wildman–Crippen MR) is 107 cm³/mol. The molecule has 2 rings (SSSR count). The fraction of sp³-hybridized carbons (Fsp3) is 0.350. The lowest BCUT2D eigenvalue weighted by atomic mass is 10.1. The van der Waals surface area contributed by atoms with Crippen molar-refractivity contribution in [1.82, 2.24) is 5.43 Å². The Morgan fingerprint density at radius 3 is 2.26 bits per heavy atom. The highest BCUT2D eigenvalue weighted by Crippen LogP contribution is 2.35. The number of carbonyl (C=O) groups excluding carboxylic acids is 1. The van der Waals surface area contributed by atoms with Crippen LogP contribution in [0.25, 0.3) is 0 Å². The molecule has 2 aromatic rings. The van der Waals surface area contributed by atoms with Crippen molar-refractivity contribution in [2.24, 2.45) is 0 Å². The van der Waals surface area contributed by atoms with E-state index >= 15 is 0 Å². The van der Waals surface area contributed by atoms with Crippen LogP contribution in [0.2, 0.25) is 0 Å². The minimum atomic E-state index is -4.73. The van der Waals surface area contributed by atoms with Gasteiger partial charge in [0.05, 0.1) is 23.7 Å². The number of hydrogen-bond acceptors (Lipinski definition) is 6. The Morgan fingerprint density at radius 1 is 1.03 bits per heavy atom. The van der Waals surface area contributed by atoms with Crippen molar-refractivity contribution in [3.05, 3.63) is 57.6 Å². The number of hydrazine groups is 1. The van der Waals surface area contributed by atoms with Crippen LogP contribution < -0.4 is 20.3 Å². The Bertz CT molecular complexity index is 935. The Kier molecular flexibility index (Phi) is 8.06. The molecule has 0 unspecified atom stereocenters. The van der Waals surface area contributed by atoms with Crippen LogP contribution in [0.15, 0.2) is 36.4 Å². The van der Waals surface area contributed by atoms with Crippen molar-refractivity contribution in [3.63, 3.8) is 0 Å². The molecule has 0 aromatic heterocycles. The van der Waals surface area contributed by atoms with Crippen LogP contribution in [0, 0.1) is 10.1 Å². The van der Waals surface area contributed by atoms with Gasteiger partial charge in [-0.2, -0.15) is 13.2 Å². The highest BCUT2D eigenvalue weighted by atomic mass is 19.4. The highest BCUT2D eigenvalue weighted by Gasteiger charge is 2.33. The topological polar surface area (TPSA) is 103 Å². The van der Waals surface area contributed by atoms with Gasteiger partial charge in [-0.15, -0.1) is 0 Å². The Labute approximate surface area is 176 Å². The molecule has 0 saturated carbocycles. The number of amides is 1. The van der Waals surface area contributed by atoms with Crippen molar-refractivity contribution in [3.8, 4) is 11.5 Å². The molecule has 8 nitrogen and oxygen atoms in total. The first-order chi connectivity index (χ1) is 14.7. The number of halogens is 3. The van der Waals surface area contributed by atoms with E-state index in [-0.39, 0.29) is 11.3 Å². The largest absolute Gasteiger partial charge is 0.490 e. The lowest BCUT2D eigenvalue weighted by Gasteiger charge is -2.14. The van der Waals surface area contributed by atoms with E-state index in [4.69, 9.17) is 9.47 Å². The third-order valence-electron chi connectivity index (χ3n) is 3.96. The van der Waals surface area contributed by atoms with Gasteiger partial charge in [0.2, 0.25) is 0 Å². The number of benzene rings is 2. The molecule has 0 spiro atoms. The smallest absolute Gasteiger partial charge is 0.416 e. The number of hydrogen-bond donors (Lipinski definition) is 2. The van der Waals surface area contributed by atoms with Crippen molar-refractivity contribution in [2.75, 3.05) is 18.6 Å². The lowest BCUT2D eigenvalue weighted by molar-refractivity contribution is -0.384. The minimum Gasteiger partial charge on any atom is -0.490 e.